The Morgan fingerprint density at radius 1 is 1.53 bits per heavy atom. The molecule has 4 nitrogen and oxygen atoms in total. The first kappa shape index (κ1) is 11.8. The van der Waals surface area contributed by atoms with Gasteiger partial charge in [0.25, 0.3) is 0 Å². The molecule has 1 rings (SSSR count). The van der Waals surface area contributed by atoms with E-state index in [-0.39, 0.29) is 0 Å². The van der Waals surface area contributed by atoms with Gasteiger partial charge in [0.1, 0.15) is 11.8 Å². The minimum Gasteiger partial charge on any atom is -0.496 e. The number of aryl methyl sites for hydroxylation is 1. The Kier molecular flexibility index (Phi) is 3.55. The standard InChI is InChI=1S/C10H13ClN2O2/c1-5-3-6(11)4-7(9(5)15-2)8(12)10(13)14/h3-4,8H,12H2,1-2H3,(H2,13,14). The van der Waals surface area contributed by atoms with E-state index in [1.165, 1.54) is 7.11 Å². The van der Waals surface area contributed by atoms with Crippen LogP contribution in [0.1, 0.15) is 17.2 Å². The van der Waals surface area contributed by atoms with E-state index in [1.807, 2.05) is 6.92 Å². The Balaban J connectivity index is 3.32. The van der Waals surface area contributed by atoms with Crippen LogP contribution in [0.4, 0.5) is 0 Å². The van der Waals surface area contributed by atoms with Crippen LogP contribution >= 0.6 is 11.6 Å². The average Bonchev–Trinajstić information content (AvgIpc) is 2.15. The number of amides is 1. The van der Waals surface area contributed by atoms with Gasteiger partial charge in [-0.25, -0.2) is 0 Å². The van der Waals surface area contributed by atoms with Crippen LogP contribution in [0.2, 0.25) is 5.02 Å². The summed E-state index contributed by atoms with van der Waals surface area (Å²) >= 11 is 5.86. The topological polar surface area (TPSA) is 78.3 Å². The summed E-state index contributed by atoms with van der Waals surface area (Å²) in [5.41, 5.74) is 12.1. The molecule has 1 aromatic rings. The number of primary amides is 1. The lowest BCUT2D eigenvalue weighted by molar-refractivity contribution is -0.119. The van der Waals surface area contributed by atoms with Crippen molar-refractivity contribution in [2.24, 2.45) is 11.5 Å². The minimum absolute atomic E-state index is 0.500. The van der Waals surface area contributed by atoms with E-state index < -0.39 is 11.9 Å². The zero-order valence-corrected chi connectivity index (χ0v) is 9.34. The van der Waals surface area contributed by atoms with E-state index in [0.29, 0.717) is 16.3 Å². The third-order valence-corrected chi connectivity index (χ3v) is 2.33. The molecule has 0 aromatic heterocycles. The van der Waals surface area contributed by atoms with E-state index >= 15 is 0 Å². The molecule has 1 amide bonds. The molecule has 0 heterocycles. The van der Waals surface area contributed by atoms with Crippen molar-refractivity contribution in [1.29, 1.82) is 0 Å². The molecule has 0 fully saturated rings. The number of nitrogens with two attached hydrogens (primary N) is 2. The first-order chi connectivity index (χ1) is 6.97. The number of ether oxygens (including phenoxy) is 1. The molecule has 0 saturated carbocycles. The lowest BCUT2D eigenvalue weighted by Crippen LogP contribution is -2.28. The van der Waals surface area contributed by atoms with Gasteiger partial charge in [-0.2, -0.15) is 0 Å². The molecule has 0 aliphatic carbocycles. The zero-order chi connectivity index (χ0) is 11.6. The number of rotatable bonds is 3. The Morgan fingerprint density at radius 2 is 2.13 bits per heavy atom. The van der Waals surface area contributed by atoms with E-state index in [4.69, 9.17) is 27.8 Å². The molecular weight excluding hydrogens is 216 g/mol. The Hall–Kier alpha value is -1.26. The molecular formula is C10H13ClN2O2. The van der Waals surface area contributed by atoms with E-state index in [9.17, 15) is 4.79 Å². The number of benzene rings is 1. The molecule has 4 N–H and O–H groups in total. The van der Waals surface area contributed by atoms with Crippen molar-refractivity contribution >= 4 is 17.5 Å². The Bertz CT molecular complexity index is 393. The summed E-state index contributed by atoms with van der Waals surface area (Å²) in [6, 6.07) is 2.41. The second-order valence-corrected chi connectivity index (χ2v) is 3.66. The van der Waals surface area contributed by atoms with Crippen LogP contribution in [0.3, 0.4) is 0 Å². The quantitative estimate of drug-likeness (QED) is 0.815. The normalized spacial score (nSPS) is 12.3. The highest BCUT2D eigenvalue weighted by Crippen LogP contribution is 2.30. The molecule has 5 heteroatoms. The molecule has 0 aliphatic rings. The fourth-order valence-electron chi connectivity index (χ4n) is 1.42. The van der Waals surface area contributed by atoms with Crippen LogP contribution in [-0.4, -0.2) is 13.0 Å². The number of halogens is 1. The first-order valence-electron chi connectivity index (χ1n) is 4.36. The zero-order valence-electron chi connectivity index (χ0n) is 8.58. The van der Waals surface area contributed by atoms with Gasteiger partial charge in [0.15, 0.2) is 0 Å². The first-order valence-corrected chi connectivity index (χ1v) is 4.74. The molecule has 0 saturated heterocycles. The molecule has 0 bridgehead atoms. The largest absolute Gasteiger partial charge is 0.496 e. The second kappa shape index (κ2) is 4.51. The highest BCUT2D eigenvalue weighted by Gasteiger charge is 2.19. The maximum Gasteiger partial charge on any atom is 0.239 e. The maximum absolute atomic E-state index is 11.0. The fourth-order valence-corrected chi connectivity index (χ4v) is 1.70. The molecule has 1 unspecified atom stereocenters. The molecule has 0 radical (unpaired) electrons. The van der Waals surface area contributed by atoms with E-state index in [2.05, 4.69) is 0 Å². The average molecular weight is 229 g/mol. The van der Waals surface area contributed by atoms with Crippen molar-refractivity contribution in [1.82, 2.24) is 0 Å². The van der Waals surface area contributed by atoms with Gasteiger partial charge in [0.2, 0.25) is 5.91 Å². The summed E-state index contributed by atoms with van der Waals surface area (Å²) in [6.07, 6.45) is 0. The van der Waals surface area contributed by atoms with Gasteiger partial charge >= 0.3 is 0 Å². The molecule has 15 heavy (non-hydrogen) atoms. The summed E-state index contributed by atoms with van der Waals surface area (Å²) in [4.78, 5) is 11.0. The smallest absolute Gasteiger partial charge is 0.239 e. The maximum atomic E-state index is 11.0. The van der Waals surface area contributed by atoms with Gasteiger partial charge < -0.3 is 16.2 Å². The Labute approximate surface area is 93.1 Å². The van der Waals surface area contributed by atoms with Gasteiger partial charge in [-0.15, -0.1) is 0 Å². The number of carbonyl (C=O) groups excluding carboxylic acids is 1. The Morgan fingerprint density at radius 3 is 2.60 bits per heavy atom. The van der Waals surface area contributed by atoms with E-state index in [0.717, 1.165) is 5.56 Å². The van der Waals surface area contributed by atoms with Crippen LogP contribution in [0.25, 0.3) is 0 Å². The summed E-state index contributed by atoms with van der Waals surface area (Å²) in [5, 5.41) is 0.500. The van der Waals surface area contributed by atoms with Crippen molar-refractivity contribution in [3.05, 3.63) is 28.3 Å². The third kappa shape index (κ3) is 2.40. The van der Waals surface area contributed by atoms with Crippen LogP contribution in [0.15, 0.2) is 12.1 Å². The summed E-state index contributed by atoms with van der Waals surface area (Å²) in [5.74, 6) is -0.0688. The number of carbonyl (C=O) groups is 1. The second-order valence-electron chi connectivity index (χ2n) is 3.23. The molecule has 0 spiro atoms. The summed E-state index contributed by atoms with van der Waals surface area (Å²) in [6.45, 7) is 1.82. The molecule has 1 aromatic carbocycles. The van der Waals surface area contributed by atoms with Crippen molar-refractivity contribution in [3.63, 3.8) is 0 Å². The summed E-state index contributed by atoms with van der Waals surface area (Å²) < 4.78 is 5.16. The predicted octanol–water partition coefficient (Wildman–Crippen LogP) is 1.14. The van der Waals surface area contributed by atoms with Crippen molar-refractivity contribution < 1.29 is 9.53 Å². The third-order valence-electron chi connectivity index (χ3n) is 2.11. The fraction of sp³-hybridized carbons (Fsp3) is 0.300. The van der Waals surface area contributed by atoms with E-state index in [1.54, 1.807) is 12.1 Å². The number of hydrogen-bond donors (Lipinski definition) is 2. The highest BCUT2D eigenvalue weighted by atomic mass is 35.5. The monoisotopic (exact) mass is 228 g/mol. The van der Waals surface area contributed by atoms with Gasteiger partial charge in [-0.1, -0.05) is 11.6 Å². The van der Waals surface area contributed by atoms with Crippen LogP contribution in [0.5, 0.6) is 5.75 Å². The van der Waals surface area contributed by atoms with Crippen LogP contribution in [0, 0.1) is 6.92 Å². The molecule has 82 valence electrons. The van der Waals surface area contributed by atoms with Crippen molar-refractivity contribution in [3.8, 4) is 5.75 Å². The highest BCUT2D eigenvalue weighted by molar-refractivity contribution is 6.30. The van der Waals surface area contributed by atoms with Crippen LogP contribution in [-0.2, 0) is 4.79 Å². The van der Waals surface area contributed by atoms with Gasteiger partial charge in [-0.3, -0.25) is 4.79 Å². The molecule has 0 aliphatic heterocycles. The van der Waals surface area contributed by atoms with Crippen molar-refractivity contribution in [2.75, 3.05) is 7.11 Å². The number of methoxy groups -OCH3 is 1. The molecule has 1 atom stereocenters. The van der Waals surface area contributed by atoms with Crippen molar-refractivity contribution in [2.45, 2.75) is 13.0 Å². The minimum atomic E-state index is -0.905. The number of hydrogen-bond acceptors (Lipinski definition) is 3. The lowest BCUT2D eigenvalue weighted by atomic mass is 10.0. The SMILES string of the molecule is COc1c(C)cc(Cl)cc1C(N)C(N)=O. The lowest BCUT2D eigenvalue weighted by Gasteiger charge is -2.15. The van der Waals surface area contributed by atoms with Gasteiger partial charge in [-0.05, 0) is 24.6 Å². The van der Waals surface area contributed by atoms with Crippen LogP contribution < -0.4 is 16.2 Å². The summed E-state index contributed by atoms with van der Waals surface area (Å²) in [7, 11) is 1.51. The predicted molar refractivity (Wildman–Crippen MR) is 58.9 cm³/mol. The van der Waals surface area contributed by atoms with Gasteiger partial charge in [0.05, 0.1) is 7.11 Å². The van der Waals surface area contributed by atoms with Gasteiger partial charge in [0, 0.05) is 10.6 Å².